The largest absolute Gasteiger partial charge is 0.398 e. The second kappa shape index (κ2) is 6.47. The number of H-pyrrole nitrogens is 1. The number of thiophene rings is 1. The van der Waals surface area contributed by atoms with Crippen molar-refractivity contribution in [2.45, 2.75) is 18.9 Å². The SMILES string of the molecule is Cc1cc(N)c2c(n1)C=CC(N)(c1nc(-c3ccc4[nH]ccc4c3)nc3ccsc13)C2. The number of hydrogen-bond acceptors (Lipinski definition) is 6. The summed E-state index contributed by atoms with van der Waals surface area (Å²) < 4.78 is 1.00. The van der Waals surface area contributed by atoms with E-state index in [1.54, 1.807) is 11.3 Å². The zero-order valence-electron chi connectivity index (χ0n) is 16.9. The molecule has 0 saturated heterocycles. The highest BCUT2D eigenvalue weighted by Crippen LogP contribution is 2.38. The molecule has 1 unspecified atom stereocenters. The summed E-state index contributed by atoms with van der Waals surface area (Å²) in [6, 6.07) is 12.2. The lowest BCUT2D eigenvalue weighted by molar-refractivity contribution is 0.541. The van der Waals surface area contributed by atoms with Gasteiger partial charge in [0, 0.05) is 46.0 Å². The number of nitrogen functional groups attached to an aromatic ring is 1. The maximum atomic E-state index is 6.99. The molecule has 0 aliphatic heterocycles. The number of hydrogen-bond donors (Lipinski definition) is 3. The average molecular weight is 425 g/mol. The van der Waals surface area contributed by atoms with Crippen molar-refractivity contribution < 1.29 is 0 Å². The second-order valence-corrected chi connectivity index (χ2v) is 8.99. The summed E-state index contributed by atoms with van der Waals surface area (Å²) in [6.07, 6.45) is 6.44. The molecule has 0 spiro atoms. The van der Waals surface area contributed by atoms with Gasteiger partial charge in [0.15, 0.2) is 5.82 Å². The molecule has 4 heterocycles. The van der Waals surface area contributed by atoms with Crippen LogP contribution in [0.3, 0.4) is 0 Å². The number of anilines is 1. The van der Waals surface area contributed by atoms with Gasteiger partial charge in [-0.1, -0.05) is 6.08 Å². The molecule has 1 atom stereocenters. The van der Waals surface area contributed by atoms with E-state index in [1.807, 2.05) is 54.9 Å². The number of benzene rings is 1. The summed E-state index contributed by atoms with van der Waals surface area (Å²) in [5.41, 5.74) is 19.8. The number of rotatable bonds is 2. The quantitative estimate of drug-likeness (QED) is 0.385. The highest BCUT2D eigenvalue weighted by Gasteiger charge is 2.34. The topological polar surface area (TPSA) is 106 Å². The highest BCUT2D eigenvalue weighted by atomic mass is 32.1. The summed E-state index contributed by atoms with van der Waals surface area (Å²) in [5.74, 6) is 0.669. The third kappa shape index (κ3) is 2.85. The third-order valence-corrected chi connectivity index (χ3v) is 6.79. The molecule has 0 fully saturated rings. The zero-order chi connectivity index (χ0) is 21.2. The molecule has 1 aromatic carbocycles. The van der Waals surface area contributed by atoms with Crippen molar-refractivity contribution in [1.29, 1.82) is 0 Å². The molecule has 0 saturated carbocycles. The van der Waals surface area contributed by atoms with Crippen molar-refractivity contribution in [3.05, 3.63) is 76.7 Å². The van der Waals surface area contributed by atoms with E-state index in [2.05, 4.69) is 22.1 Å². The van der Waals surface area contributed by atoms with Crippen LogP contribution < -0.4 is 11.5 Å². The smallest absolute Gasteiger partial charge is 0.160 e. The minimum absolute atomic E-state index is 0.540. The van der Waals surface area contributed by atoms with E-state index >= 15 is 0 Å². The van der Waals surface area contributed by atoms with E-state index in [1.165, 1.54) is 0 Å². The molecule has 0 radical (unpaired) electrons. The van der Waals surface area contributed by atoms with Crippen LogP contribution in [0.25, 0.3) is 38.6 Å². The van der Waals surface area contributed by atoms with Crippen LogP contribution in [0.4, 0.5) is 5.69 Å². The van der Waals surface area contributed by atoms with Gasteiger partial charge in [-0.05, 0) is 54.8 Å². The van der Waals surface area contributed by atoms with Crippen LogP contribution in [-0.2, 0) is 12.0 Å². The molecule has 7 heteroatoms. The maximum Gasteiger partial charge on any atom is 0.160 e. The first kappa shape index (κ1) is 18.2. The minimum atomic E-state index is -0.795. The van der Waals surface area contributed by atoms with Gasteiger partial charge in [-0.15, -0.1) is 11.3 Å². The minimum Gasteiger partial charge on any atom is -0.398 e. The van der Waals surface area contributed by atoms with E-state index in [0.717, 1.165) is 55.0 Å². The molecule has 152 valence electrons. The molecule has 4 aromatic heterocycles. The summed E-state index contributed by atoms with van der Waals surface area (Å²) >= 11 is 1.61. The molecule has 1 aliphatic carbocycles. The van der Waals surface area contributed by atoms with Gasteiger partial charge < -0.3 is 16.5 Å². The molecule has 0 bridgehead atoms. The molecular weight excluding hydrogens is 404 g/mol. The molecule has 6 rings (SSSR count). The molecule has 5 N–H and O–H groups in total. The number of nitrogens with two attached hydrogens (primary N) is 2. The normalized spacial score (nSPS) is 18.0. The monoisotopic (exact) mass is 424 g/mol. The number of nitrogens with zero attached hydrogens (tertiary/aromatic N) is 3. The lowest BCUT2D eigenvalue weighted by Crippen LogP contribution is -2.40. The van der Waals surface area contributed by atoms with E-state index in [-0.39, 0.29) is 0 Å². The maximum absolute atomic E-state index is 6.99. The Morgan fingerprint density at radius 2 is 2.00 bits per heavy atom. The molecule has 1 aliphatic rings. The zero-order valence-corrected chi connectivity index (χ0v) is 17.7. The first-order valence-electron chi connectivity index (χ1n) is 10.1. The van der Waals surface area contributed by atoms with Gasteiger partial charge in [-0.3, -0.25) is 4.98 Å². The van der Waals surface area contributed by atoms with Crippen LogP contribution in [0.2, 0.25) is 0 Å². The Hall–Kier alpha value is -3.55. The number of aryl methyl sites for hydroxylation is 1. The van der Waals surface area contributed by atoms with Gasteiger partial charge in [0.1, 0.15) is 0 Å². The van der Waals surface area contributed by atoms with Crippen LogP contribution in [0.1, 0.15) is 22.6 Å². The van der Waals surface area contributed by atoms with Gasteiger partial charge in [0.25, 0.3) is 0 Å². The Morgan fingerprint density at radius 3 is 2.90 bits per heavy atom. The number of pyridine rings is 1. The Kier molecular flexibility index (Phi) is 3.81. The fourth-order valence-electron chi connectivity index (χ4n) is 4.32. The fourth-order valence-corrected chi connectivity index (χ4v) is 5.24. The predicted molar refractivity (Wildman–Crippen MR) is 127 cm³/mol. The lowest BCUT2D eigenvalue weighted by Gasteiger charge is -2.30. The molecule has 0 amide bonds. The molecule has 5 aromatic rings. The van der Waals surface area contributed by atoms with Gasteiger partial charge in [0.2, 0.25) is 0 Å². The summed E-state index contributed by atoms with van der Waals surface area (Å²) in [5, 5.41) is 3.15. The number of aromatic amines is 1. The van der Waals surface area contributed by atoms with Gasteiger partial charge in [0.05, 0.1) is 27.1 Å². The molecule has 6 nitrogen and oxygen atoms in total. The van der Waals surface area contributed by atoms with Crippen molar-refractivity contribution >= 4 is 44.2 Å². The first-order valence-corrected chi connectivity index (χ1v) is 11.0. The van der Waals surface area contributed by atoms with Crippen molar-refractivity contribution in [2.75, 3.05) is 5.73 Å². The van der Waals surface area contributed by atoms with Crippen LogP contribution in [0.5, 0.6) is 0 Å². The Morgan fingerprint density at radius 1 is 1.10 bits per heavy atom. The lowest BCUT2D eigenvalue weighted by atomic mass is 9.82. The highest BCUT2D eigenvalue weighted by molar-refractivity contribution is 7.17. The average Bonchev–Trinajstić information content (AvgIpc) is 3.42. The molecule has 31 heavy (non-hydrogen) atoms. The van der Waals surface area contributed by atoms with Gasteiger partial charge in [-0.25, -0.2) is 9.97 Å². The van der Waals surface area contributed by atoms with Crippen LogP contribution >= 0.6 is 11.3 Å². The molecular formula is C24H20N6S. The number of aromatic nitrogens is 4. The van der Waals surface area contributed by atoms with Crippen LogP contribution in [-0.4, -0.2) is 19.9 Å². The van der Waals surface area contributed by atoms with Gasteiger partial charge in [-0.2, -0.15) is 0 Å². The van der Waals surface area contributed by atoms with E-state index in [4.69, 9.17) is 21.4 Å². The Bertz CT molecular complexity index is 1510. The van der Waals surface area contributed by atoms with E-state index in [0.29, 0.717) is 12.2 Å². The van der Waals surface area contributed by atoms with Crippen molar-refractivity contribution in [3.63, 3.8) is 0 Å². The number of fused-ring (bicyclic) bond motifs is 3. The Labute approximate surface area is 182 Å². The third-order valence-electron chi connectivity index (χ3n) is 5.88. The Balaban J connectivity index is 1.53. The van der Waals surface area contributed by atoms with Crippen LogP contribution in [0, 0.1) is 6.92 Å². The van der Waals surface area contributed by atoms with Crippen molar-refractivity contribution in [2.24, 2.45) is 5.73 Å². The van der Waals surface area contributed by atoms with Crippen LogP contribution in [0.15, 0.2) is 54.1 Å². The second-order valence-electron chi connectivity index (χ2n) is 8.08. The summed E-state index contributed by atoms with van der Waals surface area (Å²) in [7, 11) is 0. The van der Waals surface area contributed by atoms with Crippen molar-refractivity contribution in [3.8, 4) is 11.4 Å². The van der Waals surface area contributed by atoms with E-state index < -0.39 is 5.54 Å². The summed E-state index contributed by atoms with van der Waals surface area (Å²) in [6.45, 7) is 1.95. The number of nitrogens with one attached hydrogen (secondary N) is 1. The first-order chi connectivity index (χ1) is 15.0. The summed E-state index contributed by atoms with van der Waals surface area (Å²) in [4.78, 5) is 17.7. The standard InChI is InChI=1S/C24H20N6S/c1-13-10-17(25)16-12-24(26,7-4-19(16)28-13)22-21-20(6-9-31-21)29-23(30-22)15-2-3-18-14(11-15)5-8-27-18/h2-11,27H,12,26H2,1H3,(H2,25,28). The van der Waals surface area contributed by atoms with Gasteiger partial charge >= 0.3 is 0 Å². The van der Waals surface area contributed by atoms with Crippen molar-refractivity contribution in [1.82, 2.24) is 19.9 Å². The van der Waals surface area contributed by atoms with E-state index in [9.17, 15) is 0 Å². The fraction of sp³-hybridized carbons (Fsp3) is 0.125. The predicted octanol–water partition coefficient (Wildman–Crippen LogP) is 4.55.